The first-order chi connectivity index (χ1) is 11.8. The van der Waals surface area contributed by atoms with E-state index in [-0.39, 0.29) is 0 Å². The van der Waals surface area contributed by atoms with Crippen LogP contribution in [0.3, 0.4) is 0 Å². The number of halogens is 1. The molecule has 0 amide bonds. The molecule has 4 nitrogen and oxygen atoms in total. The summed E-state index contributed by atoms with van der Waals surface area (Å²) in [6.45, 7) is 0. The summed E-state index contributed by atoms with van der Waals surface area (Å²) in [4.78, 5) is 12.0. The van der Waals surface area contributed by atoms with Gasteiger partial charge in [-0.1, -0.05) is 30.2 Å². The molecule has 4 aromatic rings. The molecule has 0 N–H and O–H groups in total. The van der Waals surface area contributed by atoms with Crippen molar-refractivity contribution in [2.24, 2.45) is 0 Å². The molecule has 0 saturated carbocycles. The summed E-state index contributed by atoms with van der Waals surface area (Å²) in [6, 6.07) is 7.69. The Morgan fingerprint density at radius 3 is 2.88 bits per heavy atom. The van der Waals surface area contributed by atoms with Gasteiger partial charge in [0, 0.05) is 10.4 Å². The predicted molar refractivity (Wildman–Crippen MR) is 97.9 cm³/mol. The second-order valence-corrected chi connectivity index (χ2v) is 7.66. The second-order valence-electron chi connectivity index (χ2n) is 6.17. The quantitative estimate of drug-likeness (QED) is 0.455. The highest BCUT2D eigenvalue weighted by Crippen LogP contribution is 2.37. The average molecular weight is 355 g/mol. The van der Waals surface area contributed by atoms with Gasteiger partial charge in [0.2, 0.25) is 0 Å². The maximum absolute atomic E-state index is 6.32. The van der Waals surface area contributed by atoms with Crippen LogP contribution in [0.4, 0.5) is 0 Å². The molecular weight excluding hydrogens is 340 g/mol. The molecule has 0 bridgehead atoms. The fourth-order valence-corrected chi connectivity index (χ4v) is 4.93. The Labute approximate surface area is 148 Å². The van der Waals surface area contributed by atoms with E-state index in [2.05, 4.69) is 10.1 Å². The number of rotatable bonds is 1. The predicted octanol–water partition coefficient (Wildman–Crippen LogP) is 4.93. The summed E-state index contributed by atoms with van der Waals surface area (Å²) in [7, 11) is 0. The van der Waals surface area contributed by atoms with Gasteiger partial charge in [-0.3, -0.25) is 0 Å². The first-order valence-electron chi connectivity index (χ1n) is 8.22. The topological polar surface area (TPSA) is 43.1 Å². The number of aromatic nitrogens is 4. The summed E-state index contributed by atoms with van der Waals surface area (Å²) < 4.78 is 1.79. The van der Waals surface area contributed by atoms with Gasteiger partial charge >= 0.3 is 0 Å². The third-order valence-corrected chi connectivity index (χ3v) is 6.19. The van der Waals surface area contributed by atoms with E-state index in [1.165, 1.54) is 35.1 Å². The van der Waals surface area contributed by atoms with Crippen LogP contribution in [0.15, 0.2) is 30.6 Å². The molecule has 120 valence electrons. The molecule has 1 aliphatic carbocycles. The lowest BCUT2D eigenvalue weighted by molar-refractivity contribution is 0.713. The molecule has 1 aliphatic rings. The van der Waals surface area contributed by atoms with Gasteiger partial charge in [0.1, 0.15) is 11.2 Å². The van der Waals surface area contributed by atoms with Crippen LogP contribution >= 0.6 is 22.9 Å². The van der Waals surface area contributed by atoms with Crippen LogP contribution in [0.25, 0.3) is 27.3 Å². The number of thiophene rings is 1. The summed E-state index contributed by atoms with van der Waals surface area (Å²) in [5, 5.41) is 6.46. The van der Waals surface area contributed by atoms with Crippen molar-refractivity contribution in [1.82, 2.24) is 19.6 Å². The molecule has 0 fully saturated rings. The Morgan fingerprint density at radius 2 is 1.96 bits per heavy atom. The van der Waals surface area contributed by atoms with Crippen molar-refractivity contribution >= 4 is 38.8 Å². The van der Waals surface area contributed by atoms with E-state index in [4.69, 9.17) is 16.6 Å². The fourth-order valence-electron chi connectivity index (χ4n) is 3.49. The van der Waals surface area contributed by atoms with E-state index >= 15 is 0 Å². The van der Waals surface area contributed by atoms with Crippen LogP contribution in [0.2, 0.25) is 5.02 Å². The lowest BCUT2D eigenvalue weighted by atomic mass is 10.1. The first kappa shape index (κ1) is 14.4. The molecule has 0 unspecified atom stereocenters. The highest BCUT2D eigenvalue weighted by atomic mass is 35.5. The van der Waals surface area contributed by atoms with Gasteiger partial charge in [-0.2, -0.15) is 0 Å². The molecule has 24 heavy (non-hydrogen) atoms. The first-order valence-corrected chi connectivity index (χ1v) is 9.41. The van der Waals surface area contributed by atoms with Crippen molar-refractivity contribution in [3.63, 3.8) is 0 Å². The SMILES string of the molecule is Clc1ccccc1-c1nc2c3c4c(sc3ncn2n1)CCCCC4. The molecule has 0 saturated heterocycles. The van der Waals surface area contributed by atoms with Crippen molar-refractivity contribution in [2.45, 2.75) is 32.1 Å². The van der Waals surface area contributed by atoms with Gasteiger partial charge in [0.05, 0.1) is 10.4 Å². The molecule has 0 atom stereocenters. The van der Waals surface area contributed by atoms with Crippen LogP contribution in [0.1, 0.15) is 29.7 Å². The Bertz CT molecular complexity index is 1070. The van der Waals surface area contributed by atoms with E-state index in [0.717, 1.165) is 28.9 Å². The molecule has 3 heterocycles. The smallest absolute Gasteiger partial charge is 0.183 e. The molecule has 0 radical (unpaired) electrons. The zero-order valence-electron chi connectivity index (χ0n) is 13.0. The highest BCUT2D eigenvalue weighted by molar-refractivity contribution is 7.19. The van der Waals surface area contributed by atoms with Crippen LogP contribution < -0.4 is 0 Å². The van der Waals surface area contributed by atoms with Gasteiger partial charge in [0.25, 0.3) is 0 Å². The number of hydrogen-bond acceptors (Lipinski definition) is 4. The van der Waals surface area contributed by atoms with Crippen molar-refractivity contribution in [1.29, 1.82) is 0 Å². The molecule has 1 aromatic carbocycles. The third kappa shape index (κ3) is 2.15. The number of nitrogens with zero attached hydrogens (tertiary/aromatic N) is 4. The van der Waals surface area contributed by atoms with Gasteiger partial charge in [0.15, 0.2) is 11.5 Å². The van der Waals surface area contributed by atoms with Crippen LogP contribution in [0.5, 0.6) is 0 Å². The lowest BCUT2D eigenvalue weighted by Crippen LogP contribution is -1.92. The summed E-state index contributed by atoms with van der Waals surface area (Å²) in [6.07, 6.45) is 7.86. The van der Waals surface area contributed by atoms with Crippen molar-refractivity contribution in [3.05, 3.63) is 46.1 Å². The van der Waals surface area contributed by atoms with Gasteiger partial charge < -0.3 is 0 Å². The maximum Gasteiger partial charge on any atom is 0.183 e. The van der Waals surface area contributed by atoms with Gasteiger partial charge in [-0.15, -0.1) is 16.4 Å². The summed E-state index contributed by atoms with van der Waals surface area (Å²) in [5.41, 5.74) is 3.19. The van der Waals surface area contributed by atoms with Crippen molar-refractivity contribution in [3.8, 4) is 11.4 Å². The van der Waals surface area contributed by atoms with E-state index in [0.29, 0.717) is 10.8 Å². The number of aryl methyl sites for hydroxylation is 2. The van der Waals surface area contributed by atoms with Gasteiger partial charge in [-0.05, 0) is 43.4 Å². The Balaban J connectivity index is 1.79. The molecular formula is C18H15ClN4S. The minimum atomic E-state index is 0.656. The molecule has 6 heteroatoms. The molecule has 5 rings (SSSR count). The number of fused-ring (bicyclic) bond motifs is 5. The summed E-state index contributed by atoms with van der Waals surface area (Å²) in [5.74, 6) is 0.656. The van der Waals surface area contributed by atoms with Crippen molar-refractivity contribution < 1.29 is 0 Å². The van der Waals surface area contributed by atoms with Crippen molar-refractivity contribution in [2.75, 3.05) is 0 Å². The molecule has 0 aliphatic heterocycles. The summed E-state index contributed by atoms with van der Waals surface area (Å²) >= 11 is 8.14. The zero-order chi connectivity index (χ0) is 16.1. The Kier molecular flexibility index (Phi) is 3.31. The van der Waals surface area contributed by atoms with E-state index < -0.39 is 0 Å². The number of benzene rings is 1. The Hall–Kier alpha value is -1.98. The number of hydrogen-bond donors (Lipinski definition) is 0. The average Bonchev–Trinajstić information content (AvgIpc) is 3.09. The van der Waals surface area contributed by atoms with Crippen LogP contribution in [-0.4, -0.2) is 19.6 Å². The minimum Gasteiger partial charge on any atom is -0.225 e. The lowest BCUT2D eigenvalue weighted by Gasteiger charge is -1.98. The second kappa shape index (κ2) is 5.53. The minimum absolute atomic E-state index is 0.656. The van der Waals surface area contributed by atoms with E-state index in [1.54, 1.807) is 10.8 Å². The molecule has 0 spiro atoms. The normalized spacial score (nSPS) is 14.9. The third-order valence-electron chi connectivity index (χ3n) is 4.66. The van der Waals surface area contributed by atoms with Gasteiger partial charge in [-0.25, -0.2) is 14.5 Å². The fraction of sp³-hybridized carbons (Fsp3) is 0.278. The molecule has 3 aromatic heterocycles. The maximum atomic E-state index is 6.32. The highest BCUT2D eigenvalue weighted by Gasteiger charge is 2.20. The largest absolute Gasteiger partial charge is 0.225 e. The van der Waals surface area contributed by atoms with Crippen LogP contribution in [0, 0.1) is 0 Å². The standard InChI is InChI=1S/C18H15ClN4S/c19-13-8-5-4-6-11(13)16-21-17-15-12-7-2-1-3-9-14(12)24-18(15)20-10-23(17)22-16/h4-6,8,10H,1-3,7,9H2. The Morgan fingerprint density at radius 1 is 1.08 bits per heavy atom. The van der Waals surface area contributed by atoms with E-state index in [1.807, 2.05) is 35.6 Å². The zero-order valence-corrected chi connectivity index (χ0v) is 14.6. The van der Waals surface area contributed by atoms with Crippen LogP contribution in [-0.2, 0) is 12.8 Å². The monoisotopic (exact) mass is 354 g/mol. The van der Waals surface area contributed by atoms with E-state index in [9.17, 15) is 0 Å².